The van der Waals surface area contributed by atoms with Crippen molar-refractivity contribution in [1.82, 2.24) is 5.01 Å². The number of hydrogen-bond acceptors (Lipinski definition) is 3. The highest BCUT2D eigenvalue weighted by molar-refractivity contribution is 5.18. The molecule has 1 aromatic carbocycles. The molecule has 1 heterocycles. The zero-order valence-corrected chi connectivity index (χ0v) is 9.85. The molecule has 0 aromatic heterocycles. The van der Waals surface area contributed by atoms with E-state index in [-0.39, 0.29) is 0 Å². The van der Waals surface area contributed by atoms with Crippen molar-refractivity contribution in [3.63, 3.8) is 0 Å². The molecule has 0 fully saturated rings. The van der Waals surface area contributed by atoms with Crippen molar-refractivity contribution in [2.24, 2.45) is 10.3 Å². The first-order valence-corrected chi connectivity index (χ1v) is 5.68. The highest BCUT2D eigenvalue weighted by atomic mass is 15.6. The minimum absolute atomic E-state index is 0.758. The summed E-state index contributed by atoms with van der Waals surface area (Å²) < 4.78 is 0. The van der Waals surface area contributed by atoms with Crippen LogP contribution in [0.3, 0.4) is 0 Å². The van der Waals surface area contributed by atoms with Crippen LogP contribution in [-0.2, 0) is 6.54 Å². The summed E-state index contributed by atoms with van der Waals surface area (Å²) in [5, 5.41) is 10.3. The molecule has 3 heteroatoms. The Balaban J connectivity index is 2.13. The summed E-state index contributed by atoms with van der Waals surface area (Å²) in [6.45, 7) is 5.85. The highest BCUT2D eigenvalue weighted by Crippen LogP contribution is 2.21. The maximum atomic E-state index is 4.20. The first kappa shape index (κ1) is 10.9. The minimum Gasteiger partial charge on any atom is -0.247 e. The maximum Gasteiger partial charge on any atom is 0.0850 e. The van der Waals surface area contributed by atoms with Gasteiger partial charge in [-0.15, -0.1) is 0 Å². The normalized spacial score (nSPS) is 15.8. The van der Waals surface area contributed by atoms with Gasteiger partial charge in [0, 0.05) is 5.70 Å². The van der Waals surface area contributed by atoms with Gasteiger partial charge in [-0.3, -0.25) is 0 Å². The number of rotatable bonds is 3. The molecule has 0 saturated carbocycles. The number of hydrogen-bond donors (Lipinski definition) is 0. The van der Waals surface area contributed by atoms with Crippen molar-refractivity contribution in [2.75, 3.05) is 6.54 Å². The van der Waals surface area contributed by atoms with Gasteiger partial charge in [0.2, 0.25) is 0 Å². The van der Waals surface area contributed by atoms with Crippen molar-refractivity contribution < 1.29 is 0 Å². The van der Waals surface area contributed by atoms with Crippen LogP contribution in [0.2, 0.25) is 0 Å². The molecule has 0 unspecified atom stereocenters. The lowest BCUT2D eigenvalue weighted by Crippen LogP contribution is -2.19. The van der Waals surface area contributed by atoms with Crippen molar-refractivity contribution in [3.8, 4) is 0 Å². The third kappa shape index (κ3) is 2.30. The minimum atomic E-state index is 0.758. The van der Waals surface area contributed by atoms with Gasteiger partial charge in [-0.25, -0.2) is 5.01 Å². The van der Waals surface area contributed by atoms with Crippen LogP contribution in [0.4, 0.5) is 0 Å². The average Bonchev–Trinajstić information content (AvgIpc) is 2.33. The molecule has 0 aliphatic carbocycles. The molecule has 0 bridgehead atoms. The molecule has 0 spiro atoms. The standard InChI is InChI=1S/C13H17N3/c1-3-13-9-14-15-16(11(13)2)10-12-7-5-4-6-8-12/h4-8H,3,9-10H2,1-2H3. The van der Waals surface area contributed by atoms with E-state index in [1.165, 1.54) is 16.8 Å². The van der Waals surface area contributed by atoms with E-state index in [2.05, 4.69) is 48.5 Å². The highest BCUT2D eigenvalue weighted by Gasteiger charge is 2.13. The molecule has 0 saturated heterocycles. The van der Waals surface area contributed by atoms with E-state index in [0.717, 1.165) is 19.5 Å². The molecule has 0 atom stereocenters. The van der Waals surface area contributed by atoms with E-state index in [0.29, 0.717) is 0 Å². The van der Waals surface area contributed by atoms with Crippen LogP contribution in [-0.4, -0.2) is 11.6 Å². The van der Waals surface area contributed by atoms with Gasteiger partial charge in [-0.05, 0) is 24.5 Å². The van der Waals surface area contributed by atoms with Crippen LogP contribution in [0.15, 0.2) is 51.9 Å². The van der Waals surface area contributed by atoms with Gasteiger partial charge in [0.15, 0.2) is 0 Å². The SMILES string of the molecule is CCC1=C(C)N(Cc2ccccc2)N=NC1. The van der Waals surface area contributed by atoms with Crippen LogP contribution in [0.5, 0.6) is 0 Å². The van der Waals surface area contributed by atoms with Crippen molar-refractivity contribution in [2.45, 2.75) is 26.8 Å². The monoisotopic (exact) mass is 215 g/mol. The van der Waals surface area contributed by atoms with E-state index in [1.54, 1.807) is 0 Å². The van der Waals surface area contributed by atoms with Crippen molar-refractivity contribution in [3.05, 3.63) is 47.2 Å². The maximum absolute atomic E-state index is 4.20. The summed E-state index contributed by atoms with van der Waals surface area (Å²) in [5.41, 5.74) is 3.89. The quantitative estimate of drug-likeness (QED) is 0.757. The van der Waals surface area contributed by atoms with Gasteiger partial charge in [0.25, 0.3) is 0 Å². The van der Waals surface area contributed by atoms with Gasteiger partial charge >= 0.3 is 0 Å². The first-order valence-electron chi connectivity index (χ1n) is 5.68. The van der Waals surface area contributed by atoms with Gasteiger partial charge in [0.05, 0.1) is 13.1 Å². The Morgan fingerprint density at radius 3 is 2.69 bits per heavy atom. The summed E-state index contributed by atoms with van der Waals surface area (Å²) in [7, 11) is 0. The summed E-state index contributed by atoms with van der Waals surface area (Å²) in [6, 6.07) is 10.4. The molecule has 0 N–H and O–H groups in total. The predicted molar refractivity (Wildman–Crippen MR) is 64.7 cm³/mol. The molecular formula is C13H17N3. The molecular weight excluding hydrogens is 198 g/mol. The van der Waals surface area contributed by atoms with Gasteiger partial charge < -0.3 is 0 Å². The molecule has 1 aromatic rings. The smallest absolute Gasteiger partial charge is 0.0850 e. The lowest BCUT2D eigenvalue weighted by atomic mass is 10.1. The molecule has 2 rings (SSSR count). The Hall–Kier alpha value is -1.64. The second-order valence-electron chi connectivity index (χ2n) is 3.97. The molecule has 16 heavy (non-hydrogen) atoms. The van der Waals surface area contributed by atoms with Gasteiger partial charge in [-0.2, -0.15) is 5.11 Å². The van der Waals surface area contributed by atoms with Crippen LogP contribution in [0.25, 0.3) is 0 Å². The third-order valence-corrected chi connectivity index (χ3v) is 2.93. The van der Waals surface area contributed by atoms with E-state index < -0.39 is 0 Å². The number of nitrogens with zero attached hydrogens (tertiary/aromatic N) is 3. The van der Waals surface area contributed by atoms with E-state index >= 15 is 0 Å². The van der Waals surface area contributed by atoms with Crippen LogP contribution >= 0.6 is 0 Å². The summed E-state index contributed by atoms with van der Waals surface area (Å²) in [5.74, 6) is 0. The van der Waals surface area contributed by atoms with Crippen LogP contribution in [0, 0.1) is 0 Å². The van der Waals surface area contributed by atoms with Crippen molar-refractivity contribution >= 4 is 0 Å². The summed E-state index contributed by atoms with van der Waals surface area (Å²) in [6.07, 6.45) is 1.05. The van der Waals surface area contributed by atoms with Crippen LogP contribution < -0.4 is 0 Å². The van der Waals surface area contributed by atoms with Gasteiger partial charge in [-0.1, -0.05) is 42.5 Å². The Kier molecular flexibility index (Phi) is 3.34. The lowest BCUT2D eigenvalue weighted by Gasteiger charge is -2.24. The Bertz CT molecular complexity index is 406. The van der Waals surface area contributed by atoms with Gasteiger partial charge in [0.1, 0.15) is 0 Å². The molecule has 1 aliphatic rings. The summed E-state index contributed by atoms with van der Waals surface area (Å²) >= 11 is 0. The predicted octanol–water partition coefficient (Wildman–Crippen LogP) is 3.55. The summed E-state index contributed by atoms with van der Waals surface area (Å²) in [4.78, 5) is 0. The average molecular weight is 215 g/mol. The topological polar surface area (TPSA) is 28.0 Å². The zero-order chi connectivity index (χ0) is 11.4. The molecule has 0 radical (unpaired) electrons. The molecule has 84 valence electrons. The third-order valence-electron chi connectivity index (χ3n) is 2.93. The first-order chi connectivity index (χ1) is 7.81. The fourth-order valence-corrected chi connectivity index (χ4v) is 1.83. The van der Waals surface area contributed by atoms with E-state index in [9.17, 15) is 0 Å². The molecule has 3 nitrogen and oxygen atoms in total. The Morgan fingerprint density at radius 2 is 2.00 bits per heavy atom. The van der Waals surface area contributed by atoms with Crippen LogP contribution in [0.1, 0.15) is 25.8 Å². The molecule has 0 amide bonds. The van der Waals surface area contributed by atoms with E-state index in [1.807, 2.05) is 11.1 Å². The second kappa shape index (κ2) is 4.92. The largest absolute Gasteiger partial charge is 0.247 e. The Labute approximate surface area is 96.5 Å². The number of benzene rings is 1. The van der Waals surface area contributed by atoms with E-state index in [4.69, 9.17) is 0 Å². The van der Waals surface area contributed by atoms with Crippen molar-refractivity contribution in [1.29, 1.82) is 0 Å². The fraction of sp³-hybridized carbons (Fsp3) is 0.385. The lowest BCUT2D eigenvalue weighted by molar-refractivity contribution is 0.312. The Morgan fingerprint density at radius 1 is 1.25 bits per heavy atom. The number of allylic oxidation sites excluding steroid dienone is 1. The zero-order valence-electron chi connectivity index (χ0n) is 9.85. The second-order valence-corrected chi connectivity index (χ2v) is 3.97. The molecule has 1 aliphatic heterocycles. The fourth-order valence-electron chi connectivity index (χ4n) is 1.83.